The molecule has 1 heteroatoms. The van der Waals surface area contributed by atoms with Crippen LogP contribution in [0.5, 0.6) is 0 Å². The van der Waals surface area contributed by atoms with E-state index < -0.39 is 0 Å². The summed E-state index contributed by atoms with van der Waals surface area (Å²) in [7, 11) is 0. The molecule has 1 aliphatic rings. The average Bonchev–Trinajstić information content (AvgIpc) is 2.27. The number of aliphatic hydroxyl groups is 1. The zero-order valence-electron chi connectivity index (χ0n) is 10.9. The maximum absolute atomic E-state index is 9.48. The van der Waals surface area contributed by atoms with E-state index in [1.165, 1.54) is 18.4 Å². The lowest BCUT2D eigenvalue weighted by molar-refractivity contribution is 0.116. The number of allylic oxidation sites excluding steroid dienone is 4. The van der Waals surface area contributed by atoms with Crippen molar-refractivity contribution < 1.29 is 5.11 Å². The van der Waals surface area contributed by atoms with Gasteiger partial charge in [-0.25, -0.2) is 0 Å². The Morgan fingerprint density at radius 1 is 1.31 bits per heavy atom. The molecule has 0 radical (unpaired) electrons. The minimum atomic E-state index is -0.0375. The van der Waals surface area contributed by atoms with Crippen molar-refractivity contribution in [2.24, 2.45) is 11.8 Å². The molecule has 0 amide bonds. The molecule has 1 N–H and O–H groups in total. The van der Waals surface area contributed by atoms with E-state index in [2.05, 4.69) is 39.0 Å². The molecule has 1 nitrogen and oxygen atoms in total. The maximum Gasteiger partial charge on any atom is 0.0540 e. The minimum absolute atomic E-state index is 0.0375. The molecule has 0 heterocycles. The zero-order chi connectivity index (χ0) is 12.0. The topological polar surface area (TPSA) is 20.2 Å². The summed E-state index contributed by atoms with van der Waals surface area (Å²) in [6, 6.07) is 0. The van der Waals surface area contributed by atoms with Gasteiger partial charge in [0, 0.05) is 0 Å². The fraction of sp³-hybridized carbons (Fsp3) is 0.733. The van der Waals surface area contributed by atoms with Gasteiger partial charge in [-0.05, 0) is 57.8 Å². The van der Waals surface area contributed by atoms with Crippen molar-refractivity contribution in [2.45, 2.75) is 59.0 Å². The molecule has 1 unspecified atom stereocenters. The first kappa shape index (κ1) is 13.5. The van der Waals surface area contributed by atoms with Crippen LogP contribution in [0.3, 0.4) is 0 Å². The van der Waals surface area contributed by atoms with Crippen LogP contribution in [-0.4, -0.2) is 11.2 Å². The van der Waals surface area contributed by atoms with Gasteiger partial charge in [-0.1, -0.05) is 30.7 Å². The first-order valence-corrected chi connectivity index (χ1v) is 6.61. The number of aliphatic hydroxyl groups excluding tert-OH is 1. The van der Waals surface area contributed by atoms with Crippen LogP contribution in [0, 0.1) is 11.8 Å². The quantitative estimate of drug-likeness (QED) is 0.710. The van der Waals surface area contributed by atoms with Crippen molar-refractivity contribution in [3.8, 4) is 0 Å². The van der Waals surface area contributed by atoms with E-state index in [0.29, 0.717) is 5.92 Å². The molecule has 0 aromatic heterocycles. The molecule has 0 saturated heterocycles. The van der Waals surface area contributed by atoms with E-state index in [9.17, 15) is 5.11 Å². The normalized spacial score (nSPS) is 29.6. The van der Waals surface area contributed by atoms with E-state index >= 15 is 0 Å². The largest absolute Gasteiger partial charge is 0.393 e. The third-order valence-electron chi connectivity index (χ3n) is 3.63. The Labute approximate surface area is 100 Å². The summed E-state index contributed by atoms with van der Waals surface area (Å²) >= 11 is 0. The second kappa shape index (κ2) is 6.90. The highest BCUT2D eigenvalue weighted by Crippen LogP contribution is 2.30. The zero-order valence-corrected chi connectivity index (χ0v) is 10.9. The number of hydrogen-bond acceptors (Lipinski definition) is 1. The van der Waals surface area contributed by atoms with Gasteiger partial charge in [0.15, 0.2) is 0 Å². The summed E-state index contributed by atoms with van der Waals surface area (Å²) in [6.07, 6.45) is 12.2. The summed E-state index contributed by atoms with van der Waals surface area (Å²) < 4.78 is 0. The van der Waals surface area contributed by atoms with Gasteiger partial charge in [0.2, 0.25) is 0 Å². The predicted molar refractivity (Wildman–Crippen MR) is 70.3 cm³/mol. The minimum Gasteiger partial charge on any atom is -0.393 e. The Kier molecular flexibility index (Phi) is 5.83. The average molecular weight is 222 g/mol. The summed E-state index contributed by atoms with van der Waals surface area (Å²) in [5.41, 5.74) is 1.53. The van der Waals surface area contributed by atoms with E-state index in [0.717, 1.165) is 25.2 Å². The van der Waals surface area contributed by atoms with Gasteiger partial charge in [-0.3, -0.25) is 0 Å². The van der Waals surface area contributed by atoms with Crippen LogP contribution in [0.15, 0.2) is 23.8 Å². The molecule has 0 spiro atoms. The van der Waals surface area contributed by atoms with E-state index in [1.807, 2.05) is 0 Å². The van der Waals surface area contributed by atoms with Gasteiger partial charge in [0.05, 0.1) is 6.10 Å². The first-order valence-electron chi connectivity index (χ1n) is 6.61. The molecular weight excluding hydrogens is 196 g/mol. The molecule has 0 bridgehead atoms. The van der Waals surface area contributed by atoms with Crippen molar-refractivity contribution in [3.63, 3.8) is 0 Å². The van der Waals surface area contributed by atoms with Crippen molar-refractivity contribution in [2.75, 3.05) is 0 Å². The molecule has 1 fully saturated rings. The Bertz CT molecular complexity index is 244. The Hall–Kier alpha value is -0.560. The third-order valence-corrected chi connectivity index (χ3v) is 3.63. The van der Waals surface area contributed by atoms with Crippen LogP contribution in [0.25, 0.3) is 0 Å². The Morgan fingerprint density at radius 2 is 1.94 bits per heavy atom. The van der Waals surface area contributed by atoms with Crippen LogP contribution in [0.1, 0.15) is 52.9 Å². The van der Waals surface area contributed by atoms with E-state index in [-0.39, 0.29) is 6.10 Å². The lowest BCUT2D eigenvalue weighted by Crippen LogP contribution is -2.19. The Balaban J connectivity index is 2.43. The summed E-state index contributed by atoms with van der Waals surface area (Å²) in [6.45, 7) is 6.61. The lowest BCUT2D eigenvalue weighted by atomic mass is 9.82. The smallest absolute Gasteiger partial charge is 0.0540 e. The molecule has 92 valence electrons. The standard InChI is InChI=1S/C15H26O/c1-4-5-6-12(2)11-13(3)14-7-9-15(16)10-8-14/h4-5,11-12,14-16H,6-10H2,1-3H3/b5-4-,13-11+. The van der Waals surface area contributed by atoms with Crippen LogP contribution >= 0.6 is 0 Å². The monoisotopic (exact) mass is 222 g/mol. The number of rotatable bonds is 4. The molecule has 1 rings (SSSR count). The maximum atomic E-state index is 9.48. The van der Waals surface area contributed by atoms with Gasteiger partial charge < -0.3 is 5.11 Å². The van der Waals surface area contributed by atoms with Crippen LogP contribution in [0.4, 0.5) is 0 Å². The fourth-order valence-corrected chi connectivity index (χ4v) is 2.53. The van der Waals surface area contributed by atoms with Crippen molar-refractivity contribution in [1.29, 1.82) is 0 Å². The molecule has 16 heavy (non-hydrogen) atoms. The molecule has 0 aromatic carbocycles. The van der Waals surface area contributed by atoms with Crippen molar-refractivity contribution in [1.82, 2.24) is 0 Å². The summed E-state index contributed by atoms with van der Waals surface area (Å²) in [5.74, 6) is 1.36. The predicted octanol–water partition coefficient (Wildman–Crippen LogP) is 4.09. The molecule has 1 saturated carbocycles. The lowest BCUT2D eigenvalue weighted by Gasteiger charge is -2.26. The highest BCUT2D eigenvalue weighted by Gasteiger charge is 2.20. The highest BCUT2D eigenvalue weighted by atomic mass is 16.3. The Morgan fingerprint density at radius 3 is 2.50 bits per heavy atom. The first-order chi connectivity index (χ1) is 7.63. The molecule has 1 atom stereocenters. The second-order valence-corrected chi connectivity index (χ2v) is 5.20. The fourth-order valence-electron chi connectivity index (χ4n) is 2.53. The summed E-state index contributed by atoms with van der Waals surface area (Å²) in [5, 5.41) is 9.48. The van der Waals surface area contributed by atoms with Gasteiger partial charge in [0.25, 0.3) is 0 Å². The number of hydrogen-bond donors (Lipinski definition) is 1. The summed E-state index contributed by atoms with van der Waals surface area (Å²) in [4.78, 5) is 0. The van der Waals surface area contributed by atoms with Crippen LogP contribution < -0.4 is 0 Å². The molecule has 0 aliphatic heterocycles. The second-order valence-electron chi connectivity index (χ2n) is 5.20. The van der Waals surface area contributed by atoms with Gasteiger partial charge in [-0.15, -0.1) is 0 Å². The molecule has 1 aliphatic carbocycles. The van der Waals surface area contributed by atoms with Crippen LogP contribution in [0.2, 0.25) is 0 Å². The van der Waals surface area contributed by atoms with E-state index in [1.54, 1.807) is 0 Å². The molecular formula is C15H26O. The van der Waals surface area contributed by atoms with Crippen LogP contribution in [-0.2, 0) is 0 Å². The van der Waals surface area contributed by atoms with Gasteiger partial charge in [0.1, 0.15) is 0 Å². The van der Waals surface area contributed by atoms with E-state index in [4.69, 9.17) is 0 Å². The SMILES string of the molecule is C/C=C\CC(C)/C=C(\C)C1CCC(O)CC1. The third kappa shape index (κ3) is 4.52. The highest BCUT2D eigenvalue weighted by molar-refractivity contribution is 5.07. The van der Waals surface area contributed by atoms with Gasteiger partial charge >= 0.3 is 0 Å². The van der Waals surface area contributed by atoms with Crippen molar-refractivity contribution in [3.05, 3.63) is 23.8 Å². The molecule has 0 aromatic rings. The van der Waals surface area contributed by atoms with Crippen molar-refractivity contribution >= 4 is 0 Å². The van der Waals surface area contributed by atoms with Gasteiger partial charge in [-0.2, -0.15) is 0 Å².